The number of nitrogens with two attached hydrogens (primary N) is 1. The van der Waals surface area contributed by atoms with E-state index >= 15 is 0 Å². The standard InChI is InChI=1S/C9H12ClNO2/c1-5(8(10)9(11)13)6-3-2-4-7(6)12/h8H,2-4H2,1H3,(H2,11,13)/b6-5+. The Labute approximate surface area is 81.9 Å². The molecule has 3 nitrogen and oxygen atoms in total. The lowest BCUT2D eigenvalue weighted by molar-refractivity contribution is -0.117. The van der Waals surface area contributed by atoms with Crippen LogP contribution in [0.1, 0.15) is 26.2 Å². The van der Waals surface area contributed by atoms with Gasteiger partial charge in [0.15, 0.2) is 5.78 Å². The van der Waals surface area contributed by atoms with Crippen molar-refractivity contribution in [3.05, 3.63) is 11.1 Å². The van der Waals surface area contributed by atoms with E-state index in [1.54, 1.807) is 6.92 Å². The van der Waals surface area contributed by atoms with Crippen LogP contribution >= 0.6 is 11.6 Å². The van der Waals surface area contributed by atoms with Crippen LogP contribution in [0, 0.1) is 0 Å². The number of halogens is 1. The molecule has 1 saturated carbocycles. The van der Waals surface area contributed by atoms with Gasteiger partial charge in [-0.25, -0.2) is 0 Å². The molecule has 0 spiro atoms. The summed E-state index contributed by atoms with van der Waals surface area (Å²) in [4.78, 5) is 22.0. The number of rotatable bonds is 2. The van der Waals surface area contributed by atoms with E-state index in [0.29, 0.717) is 17.6 Å². The monoisotopic (exact) mass is 201 g/mol. The van der Waals surface area contributed by atoms with Gasteiger partial charge in [-0.1, -0.05) is 0 Å². The smallest absolute Gasteiger partial charge is 0.239 e. The van der Waals surface area contributed by atoms with Gasteiger partial charge >= 0.3 is 0 Å². The van der Waals surface area contributed by atoms with Gasteiger partial charge in [-0.3, -0.25) is 9.59 Å². The molecule has 0 bridgehead atoms. The highest BCUT2D eigenvalue weighted by Gasteiger charge is 2.24. The third-order valence-electron chi connectivity index (χ3n) is 2.27. The zero-order valence-corrected chi connectivity index (χ0v) is 8.23. The number of alkyl halides is 1. The first-order valence-electron chi connectivity index (χ1n) is 4.20. The Morgan fingerprint density at radius 3 is 2.54 bits per heavy atom. The zero-order chi connectivity index (χ0) is 10.0. The lowest BCUT2D eigenvalue weighted by atomic mass is 10.0. The molecule has 1 unspecified atom stereocenters. The first-order chi connectivity index (χ1) is 6.04. The average Bonchev–Trinajstić information content (AvgIpc) is 2.48. The molecule has 2 N–H and O–H groups in total. The van der Waals surface area contributed by atoms with Crippen molar-refractivity contribution in [2.75, 3.05) is 0 Å². The molecule has 0 heterocycles. The number of allylic oxidation sites excluding steroid dienone is 1. The molecule has 1 fully saturated rings. The molecule has 0 aromatic rings. The number of Topliss-reactive ketones (excluding diaryl/α,β-unsaturated/α-hetero) is 1. The number of hydrogen-bond acceptors (Lipinski definition) is 2. The van der Waals surface area contributed by atoms with Crippen molar-refractivity contribution in [2.45, 2.75) is 31.6 Å². The fourth-order valence-corrected chi connectivity index (χ4v) is 1.63. The maximum atomic E-state index is 11.3. The summed E-state index contributed by atoms with van der Waals surface area (Å²) in [6.45, 7) is 1.70. The topological polar surface area (TPSA) is 60.2 Å². The molecule has 0 saturated heterocycles. The van der Waals surface area contributed by atoms with E-state index in [1.165, 1.54) is 0 Å². The maximum absolute atomic E-state index is 11.3. The molecular formula is C9H12ClNO2. The van der Waals surface area contributed by atoms with Crippen LogP contribution in [-0.2, 0) is 9.59 Å². The van der Waals surface area contributed by atoms with Crippen LogP contribution in [0.5, 0.6) is 0 Å². The first-order valence-corrected chi connectivity index (χ1v) is 4.64. The van der Waals surface area contributed by atoms with E-state index < -0.39 is 11.3 Å². The molecule has 4 heteroatoms. The predicted molar refractivity (Wildman–Crippen MR) is 50.4 cm³/mol. The second-order valence-corrected chi connectivity index (χ2v) is 3.64. The number of primary amides is 1. The summed E-state index contributed by atoms with van der Waals surface area (Å²) in [6, 6.07) is 0. The number of hydrogen-bond donors (Lipinski definition) is 1. The zero-order valence-electron chi connectivity index (χ0n) is 7.47. The normalized spacial score (nSPS) is 23.1. The Bertz CT molecular complexity index is 283. The summed E-state index contributed by atoms with van der Waals surface area (Å²) < 4.78 is 0. The van der Waals surface area contributed by atoms with Gasteiger partial charge in [-0.05, 0) is 30.9 Å². The number of carbonyl (C=O) groups is 2. The second kappa shape index (κ2) is 3.92. The minimum absolute atomic E-state index is 0.101. The number of amides is 1. The van der Waals surface area contributed by atoms with Gasteiger partial charge in [-0.2, -0.15) is 0 Å². The quantitative estimate of drug-likeness (QED) is 0.538. The van der Waals surface area contributed by atoms with Gasteiger partial charge in [0.1, 0.15) is 5.38 Å². The average molecular weight is 202 g/mol. The minimum Gasteiger partial charge on any atom is -0.368 e. The summed E-state index contributed by atoms with van der Waals surface area (Å²) >= 11 is 5.73. The Morgan fingerprint density at radius 2 is 2.15 bits per heavy atom. The third-order valence-corrected chi connectivity index (χ3v) is 2.82. The Kier molecular flexibility index (Phi) is 3.09. The van der Waals surface area contributed by atoms with Crippen LogP contribution < -0.4 is 5.73 Å². The highest BCUT2D eigenvalue weighted by Crippen LogP contribution is 2.26. The summed E-state index contributed by atoms with van der Waals surface area (Å²) in [5, 5.41) is -0.836. The van der Waals surface area contributed by atoms with Crippen LogP contribution in [0.15, 0.2) is 11.1 Å². The van der Waals surface area contributed by atoms with Crippen molar-refractivity contribution < 1.29 is 9.59 Å². The van der Waals surface area contributed by atoms with Gasteiger partial charge in [0.2, 0.25) is 5.91 Å². The largest absolute Gasteiger partial charge is 0.368 e. The molecule has 0 aromatic heterocycles. The van der Waals surface area contributed by atoms with Gasteiger partial charge in [-0.15, -0.1) is 11.6 Å². The fraction of sp³-hybridized carbons (Fsp3) is 0.556. The molecule has 1 aliphatic carbocycles. The van der Waals surface area contributed by atoms with E-state index in [0.717, 1.165) is 12.8 Å². The van der Waals surface area contributed by atoms with Crippen LogP contribution in [-0.4, -0.2) is 17.1 Å². The van der Waals surface area contributed by atoms with Crippen LogP contribution in [0.25, 0.3) is 0 Å². The lowest BCUT2D eigenvalue weighted by Crippen LogP contribution is -2.25. The van der Waals surface area contributed by atoms with Crippen molar-refractivity contribution in [3.63, 3.8) is 0 Å². The van der Waals surface area contributed by atoms with E-state index in [2.05, 4.69) is 0 Å². The highest BCUT2D eigenvalue weighted by molar-refractivity contribution is 6.33. The summed E-state index contributed by atoms with van der Waals surface area (Å²) in [7, 11) is 0. The molecule has 1 atom stereocenters. The van der Waals surface area contributed by atoms with E-state index in [9.17, 15) is 9.59 Å². The second-order valence-electron chi connectivity index (χ2n) is 3.20. The molecule has 1 amide bonds. The summed E-state index contributed by atoms with van der Waals surface area (Å²) in [5.74, 6) is -0.490. The van der Waals surface area contributed by atoms with Crippen LogP contribution in [0.3, 0.4) is 0 Å². The molecule has 0 aromatic carbocycles. The first kappa shape index (κ1) is 10.3. The Morgan fingerprint density at radius 1 is 1.54 bits per heavy atom. The van der Waals surface area contributed by atoms with E-state index in [-0.39, 0.29) is 5.78 Å². The van der Waals surface area contributed by atoms with Crippen LogP contribution in [0.2, 0.25) is 0 Å². The molecule has 13 heavy (non-hydrogen) atoms. The molecule has 1 aliphatic rings. The van der Waals surface area contributed by atoms with Crippen molar-refractivity contribution >= 4 is 23.3 Å². The highest BCUT2D eigenvalue weighted by atomic mass is 35.5. The minimum atomic E-state index is -0.836. The van der Waals surface area contributed by atoms with Gasteiger partial charge in [0.05, 0.1) is 0 Å². The molecule has 1 rings (SSSR count). The Balaban J connectivity index is 2.90. The van der Waals surface area contributed by atoms with Crippen LogP contribution in [0.4, 0.5) is 0 Å². The molecule has 72 valence electrons. The summed E-state index contributed by atoms with van der Waals surface area (Å²) in [5.41, 5.74) is 6.35. The van der Waals surface area contributed by atoms with Gasteiger partial charge in [0, 0.05) is 6.42 Å². The number of carbonyl (C=O) groups excluding carboxylic acids is 2. The van der Waals surface area contributed by atoms with Crippen molar-refractivity contribution in [2.24, 2.45) is 5.73 Å². The third kappa shape index (κ3) is 2.10. The number of ketones is 1. The summed E-state index contributed by atoms with van der Waals surface area (Å²) in [6.07, 6.45) is 2.14. The SMILES string of the molecule is C/C(=C1/CCCC1=O)C(Cl)C(N)=O. The van der Waals surface area contributed by atoms with Crippen molar-refractivity contribution in [1.29, 1.82) is 0 Å². The molecule has 0 radical (unpaired) electrons. The molecule has 0 aliphatic heterocycles. The van der Waals surface area contributed by atoms with Gasteiger partial charge < -0.3 is 5.73 Å². The van der Waals surface area contributed by atoms with E-state index in [1.807, 2.05) is 0 Å². The lowest BCUT2D eigenvalue weighted by Gasteiger charge is -2.08. The van der Waals surface area contributed by atoms with Crippen molar-refractivity contribution in [1.82, 2.24) is 0 Å². The molecular weight excluding hydrogens is 190 g/mol. The fourth-order valence-electron chi connectivity index (χ4n) is 1.50. The Hall–Kier alpha value is -0.830. The van der Waals surface area contributed by atoms with Crippen molar-refractivity contribution in [3.8, 4) is 0 Å². The predicted octanol–water partition coefficient (Wildman–Crippen LogP) is 1.15. The van der Waals surface area contributed by atoms with Gasteiger partial charge in [0.25, 0.3) is 0 Å². The maximum Gasteiger partial charge on any atom is 0.239 e. The van der Waals surface area contributed by atoms with E-state index in [4.69, 9.17) is 17.3 Å².